The summed E-state index contributed by atoms with van der Waals surface area (Å²) in [5, 5.41) is 11.8. The molecule has 0 heterocycles. The molecule has 52 heavy (non-hydrogen) atoms. The van der Waals surface area contributed by atoms with Crippen molar-refractivity contribution in [2.75, 3.05) is 19.8 Å². The van der Waals surface area contributed by atoms with Crippen LogP contribution in [0, 0.1) is 23.7 Å². The zero-order valence-corrected chi connectivity index (χ0v) is 31.9. The highest BCUT2D eigenvalue weighted by Crippen LogP contribution is 2.41. The zero-order valence-electron chi connectivity index (χ0n) is 31.9. The first-order valence-electron chi connectivity index (χ1n) is 20.1. The van der Waals surface area contributed by atoms with Crippen molar-refractivity contribution in [1.29, 1.82) is 0 Å². The molecule has 1 N–H and O–H groups in total. The number of benzene rings is 3. The molecule has 1 unspecified atom stereocenters. The first-order chi connectivity index (χ1) is 25.2. The van der Waals surface area contributed by atoms with Gasteiger partial charge in [0.05, 0.1) is 25.4 Å². The summed E-state index contributed by atoms with van der Waals surface area (Å²) in [4.78, 5) is 24.1. The summed E-state index contributed by atoms with van der Waals surface area (Å²) in [6, 6.07) is 23.3. The molecule has 5 rings (SSSR count). The molecule has 2 fully saturated rings. The molecule has 3 aromatic carbocycles. The van der Waals surface area contributed by atoms with Gasteiger partial charge in [-0.2, -0.15) is 0 Å². The second-order valence-electron chi connectivity index (χ2n) is 15.9. The molecule has 0 radical (unpaired) electrons. The summed E-state index contributed by atoms with van der Waals surface area (Å²) in [6.07, 6.45) is 18.1. The molecule has 2 aliphatic carbocycles. The Morgan fingerprint density at radius 3 is 2.06 bits per heavy atom. The van der Waals surface area contributed by atoms with E-state index in [1.54, 1.807) is 6.92 Å². The van der Waals surface area contributed by atoms with Gasteiger partial charge in [-0.25, -0.2) is 9.59 Å². The minimum absolute atomic E-state index is 0.0526. The molecule has 280 valence electrons. The van der Waals surface area contributed by atoms with Gasteiger partial charge in [0.2, 0.25) is 0 Å². The summed E-state index contributed by atoms with van der Waals surface area (Å²) in [5.74, 6) is 1.88. The van der Waals surface area contributed by atoms with Gasteiger partial charge in [-0.15, -0.1) is 0 Å². The molecule has 2 aliphatic rings. The Bertz CT molecular complexity index is 1620. The Labute approximate surface area is 312 Å². The molecule has 0 aromatic heterocycles. The van der Waals surface area contributed by atoms with E-state index in [9.17, 15) is 9.59 Å². The van der Waals surface area contributed by atoms with E-state index >= 15 is 0 Å². The third kappa shape index (κ3) is 11.4. The molecule has 2 saturated carbocycles. The van der Waals surface area contributed by atoms with Gasteiger partial charge in [0.25, 0.3) is 0 Å². The van der Waals surface area contributed by atoms with Crippen molar-refractivity contribution >= 4 is 22.7 Å². The maximum Gasteiger partial charge on any atom is 0.335 e. The first-order valence-corrected chi connectivity index (χ1v) is 20.1. The lowest BCUT2D eigenvalue weighted by molar-refractivity contribution is -0.144. The largest absolute Gasteiger partial charge is 0.462 e. The SMILES string of the molecule is C=C(C)C(=O)OCC(CCOC(=O)C(=C)CO)C1CCC(CCC2CCC(c3ccc(-c4ccc5cc(CCCCC)ccc5c4)cc3)CC2)CC1. The first kappa shape index (κ1) is 39.5. The van der Waals surface area contributed by atoms with Crippen LogP contribution in [0.15, 0.2) is 85.0 Å². The molecule has 0 saturated heterocycles. The van der Waals surface area contributed by atoms with Crippen LogP contribution in [0.2, 0.25) is 0 Å². The van der Waals surface area contributed by atoms with E-state index in [2.05, 4.69) is 80.7 Å². The van der Waals surface area contributed by atoms with E-state index in [0.717, 1.165) is 24.7 Å². The van der Waals surface area contributed by atoms with Crippen LogP contribution in [0.3, 0.4) is 0 Å². The van der Waals surface area contributed by atoms with Crippen LogP contribution < -0.4 is 0 Å². The number of hydrogen-bond acceptors (Lipinski definition) is 5. The highest BCUT2D eigenvalue weighted by molar-refractivity contribution is 5.88. The van der Waals surface area contributed by atoms with Crippen molar-refractivity contribution in [2.45, 2.75) is 116 Å². The number of unbranched alkanes of at least 4 members (excludes halogenated alkanes) is 2. The number of aliphatic hydroxyl groups excluding tert-OH is 1. The Morgan fingerprint density at radius 2 is 1.40 bits per heavy atom. The van der Waals surface area contributed by atoms with Gasteiger partial charge < -0.3 is 14.6 Å². The molecule has 3 aromatic rings. The van der Waals surface area contributed by atoms with Gasteiger partial charge in [0.1, 0.15) is 0 Å². The molecular formula is C47H62O5. The summed E-state index contributed by atoms with van der Waals surface area (Å²) in [7, 11) is 0. The quantitative estimate of drug-likeness (QED) is 0.0810. The fourth-order valence-corrected chi connectivity index (χ4v) is 8.59. The Kier molecular flexibility index (Phi) is 15.2. The maximum absolute atomic E-state index is 12.1. The van der Waals surface area contributed by atoms with Gasteiger partial charge in [-0.3, -0.25) is 0 Å². The van der Waals surface area contributed by atoms with Crippen LogP contribution >= 0.6 is 0 Å². The predicted octanol–water partition coefficient (Wildman–Crippen LogP) is 11.3. The van der Waals surface area contributed by atoms with E-state index in [1.165, 1.54) is 110 Å². The van der Waals surface area contributed by atoms with Crippen LogP contribution in [-0.4, -0.2) is 36.9 Å². The fourth-order valence-electron chi connectivity index (χ4n) is 8.59. The number of hydrogen-bond donors (Lipinski definition) is 1. The lowest BCUT2D eigenvalue weighted by atomic mass is 9.72. The number of rotatable bonds is 18. The van der Waals surface area contributed by atoms with E-state index in [-0.39, 0.29) is 24.1 Å². The lowest BCUT2D eigenvalue weighted by Gasteiger charge is -2.35. The molecule has 0 bridgehead atoms. The van der Waals surface area contributed by atoms with E-state index in [1.807, 2.05) is 0 Å². The topological polar surface area (TPSA) is 72.8 Å². The number of carbonyl (C=O) groups excluding carboxylic acids is 2. The fraction of sp³-hybridized carbons (Fsp3) is 0.532. The highest BCUT2D eigenvalue weighted by Gasteiger charge is 2.30. The van der Waals surface area contributed by atoms with Crippen molar-refractivity contribution in [3.05, 3.63) is 96.1 Å². The van der Waals surface area contributed by atoms with Crippen LogP contribution in [0.4, 0.5) is 0 Å². The van der Waals surface area contributed by atoms with Crippen LogP contribution in [0.25, 0.3) is 21.9 Å². The van der Waals surface area contributed by atoms with Crippen molar-refractivity contribution in [1.82, 2.24) is 0 Å². The predicted molar refractivity (Wildman–Crippen MR) is 213 cm³/mol. The number of ether oxygens (including phenoxy) is 2. The van der Waals surface area contributed by atoms with Crippen molar-refractivity contribution in [3.63, 3.8) is 0 Å². The molecule has 1 atom stereocenters. The van der Waals surface area contributed by atoms with Crippen LogP contribution in [-0.2, 0) is 25.5 Å². The van der Waals surface area contributed by atoms with E-state index in [0.29, 0.717) is 30.4 Å². The van der Waals surface area contributed by atoms with Gasteiger partial charge >= 0.3 is 11.9 Å². The summed E-state index contributed by atoms with van der Waals surface area (Å²) < 4.78 is 10.9. The number of aliphatic hydroxyl groups is 1. The van der Waals surface area contributed by atoms with Gasteiger partial charge in [-0.05, 0) is 133 Å². The zero-order chi connectivity index (χ0) is 36.9. The molecule has 5 nitrogen and oxygen atoms in total. The third-order valence-corrected chi connectivity index (χ3v) is 12.1. The second kappa shape index (κ2) is 19.9. The molecule has 0 spiro atoms. The van der Waals surface area contributed by atoms with Crippen LogP contribution in [0.5, 0.6) is 0 Å². The van der Waals surface area contributed by atoms with Crippen molar-refractivity contribution in [2.24, 2.45) is 23.7 Å². The molecule has 0 aliphatic heterocycles. The molecular weight excluding hydrogens is 645 g/mol. The maximum atomic E-state index is 12.1. The summed E-state index contributed by atoms with van der Waals surface area (Å²) in [6.45, 7) is 11.3. The minimum atomic E-state index is -0.570. The Morgan fingerprint density at radius 1 is 0.769 bits per heavy atom. The van der Waals surface area contributed by atoms with E-state index < -0.39 is 12.6 Å². The number of aryl methyl sites for hydroxylation is 1. The normalized spacial score (nSPS) is 21.0. The number of fused-ring (bicyclic) bond motifs is 1. The Hall–Kier alpha value is -3.70. The smallest absolute Gasteiger partial charge is 0.335 e. The van der Waals surface area contributed by atoms with Gasteiger partial charge in [-0.1, -0.05) is 113 Å². The van der Waals surface area contributed by atoms with Crippen molar-refractivity contribution in [3.8, 4) is 11.1 Å². The summed E-state index contributed by atoms with van der Waals surface area (Å²) in [5.41, 5.74) is 5.98. The minimum Gasteiger partial charge on any atom is -0.462 e. The molecule has 5 heteroatoms. The standard InChI is InChI=1S/C47H62O5/c1-5-6-7-8-37-15-20-44-30-43(26-25-42(44)29-37)40-23-21-39(22-24-40)38-16-11-35(12-17-38)9-10-36-13-18-41(19-14-36)45(32-52-46(49)33(2)3)27-28-51-47(50)34(4)31-48/h15,20-26,29-30,35-36,38,41,45,48H,2,4-14,16-19,27-28,31-32H2,1,3H3. The second-order valence-corrected chi connectivity index (χ2v) is 15.9. The van der Waals surface area contributed by atoms with E-state index in [4.69, 9.17) is 14.6 Å². The van der Waals surface area contributed by atoms with Gasteiger partial charge in [0, 0.05) is 5.57 Å². The lowest BCUT2D eigenvalue weighted by Crippen LogP contribution is -2.28. The number of esters is 2. The van der Waals surface area contributed by atoms with Crippen LogP contribution in [0.1, 0.15) is 121 Å². The van der Waals surface area contributed by atoms with Gasteiger partial charge in [0.15, 0.2) is 0 Å². The van der Waals surface area contributed by atoms with Crippen molar-refractivity contribution < 1.29 is 24.2 Å². The average Bonchev–Trinajstić information content (AvgIpc) is 3.18. The number of carbonyl (C=O) groups is 2. The molecule has 0 amide bonds. The highest BCUT2D eigenvalue weighted by atomic mass is 16.5. The summed E-state index contributed by atoms with van der Waals surface area (Å²) >= 11 is 0. The monoisotopic (exact) mass is 706 g/mol. The third-order valence-electron chi connectivity index (χ3n) is 12.1. The average molecular weight is 707 g/mol. The Balaban J connectivity index is 1.04.